The fourth-order valence-corrected chi connectivity index (χ4v) is 2.04. The Morgan fingerprint density at radius 1 is 1.42 bits per heavy atom. The summed E-state index contributed by atoms with van der Waals surface area (Å²) < 4.78 is 0. The number of nitrogens with one attached hydrogen (secondary N) is 1. The second-order valence-corrected chi connectivity index (χ2v) is 4.33. The van der Waals surface area contributed by atoms with Crippen molar-refractivity contribution in [2.75, 3.05) is 37.6 Å². The van der Waals surface area contributed by atoms with Crippen LogP contribution in [-0.4, -0.2) is 48.6 Å². The maximum atomic E-state index is 11.7. The largest absolute Gasteiger partial charge is 0.353 e. The molecule has 6 nitrogen and oxygen atoms in total. The minimum absolute atomic E-state index is 0.00469. The van der Waals surface area contributed by atoms with Gasteiger partial charge in [-0.25, -0.2) is 9.78 Å². The van der Waals surface area contributed by atoms with Gasteiger partial charge in [-0.15, -0.1) is 0 Å². The van der Waals surface area contributed by atoms with E-state index in [9.17, 15) is 4.79 Å². The molecule has 0 spiro atoms. The third kappa shape index (κ3) is 3.13. The van der Waals surface area contributed by atoms with Crippen LogP contribution in [0.15, 0.2) is 18.3 Å². The lowest BCUT2D eigenvalue weighted by atomic mass is 10.2. The monoisotopic (exact) mass is 259 g/mol. The molecule has 1 fully saturated rings. The number of nitriles is 1. The first-order chi connectivity index (χ1) is 9.24. The number of urea groups is 1. The maximum absolute atomic E-state index is 11.7. The van der Waals surface area contributed by atoms with Crippen LogP contribution in [0.3, 0.4) is 0 Å². The van der Waals surface area contributed by atoms with Crippen molar-refractivity contribution >= 4 is 11.8 Å². The molecule has 0 saturated carbocycles. The van der Waals surface area contributed by atoms with Crippen LogP contribution in [0.25, 0.3) is 0 Å². The van der Waals surface area contributed by atoms with Gasteiger partial charge in [0.25, 0.3) is 0 Å². The number of anilines is 1. The van der Waals surface area contributed by atoms with E-state index in [0.717, 1.165) is 18.9 Å². The third-order valence-electron chi connectivity index (χ3n) is 3.10. The van der Waals surface area contributed by atoms with Crippen LogP contribution in [-0.2, 0) is 0 Å². The fraction of sp³-hybridized carbons (Fsp3) is 0.462. The summed E-state index contributed by atoms with van der Waals surface area (Å²) in [6.07, 6.45) is 1.57. The second kappa shape index (κ2) is 6.05. The van der Waals surface area contributed by atoms with Crippen molar-refractivity contribution in [3.8, 4) is 6.07 Å². The lowest BCUT2D eigenvalue weighted by Crippen LogP contribution is -2.52. The van der Waals surface area contributed by atoms with Crippen LogP contribution in [0.2, 0.25) is 0 Å². The number of piperazine rings is 1. The number of hydrogen-bond donors (Lipinski definition) is 1. The first kappa shape index (κ1) is 13.1. The number of nitrogens with zero attached hydrogens (tertiary/aromatic N) is 4. The summed E-state index contributed by atoms with van der Waals surface area (Å²) in [4.78, 5) is 19.9. The molecular formula is C13H17N5O. The molecule has 1 aromatic rings. The summed E-state index contributed by atoms with van der Waals surface area (Å²) in [6, 6.07) is 5.66. The third-order valence-corrected chi connectivity index (χ3v) is 3.10. The lowest BCUT2D eigenvalue weighted by molar-refractivity contribution is 0.195. The number of amides is 2. The molecule has 0 atom stereocenters. The number of rotatable bonds is 2. The number of aromatic nitrogens is 1. The van der Waals surface area contributed by atoms with Crippen molar-refractivity contribution in [3.63, 3.8) is 0 Å². The van der Waals surface area contributed by atoms with Crippen LogP contribution in [0.1, 0.15) is 12.5 Å². The molecule has 1 aromatic heterocycles. The highest BCUT2D eigenvalue weighted by molar-refractivity contribution is 5.74. The predicted molar refractivity (Wildman–Crippen MR) is 71.8 cm³/mol. The van der Waals surface area contributed by atoms with Gasteiger partial charge in [-0.2, -0.15) is 5.26 Å². The average molecular weight is 259 g/mol. The van der Waals surface area contributed by atoms with Crippen LogP contribution < -0.4 is 10.2 Å². The van der Waals surface area contributed by atoms with Crippen molar-refractivity contribution in [1.82, 2.24) is 15.2 Å². The normalized spacial score (nSPS) is 14.9. The Morgan fingerprint density at radius 2 is 2.16 bits per heavy atom. The lowest BCUT2D eigenvalue weighted by Gasteiger charge is -2.35. The van der Waals surface area contributed by atoms with Crippen LogP contribution in [0.5, 0.6) is 0 Å². The van der Waals surface area contributed by atoms with E-state index in [1.165, 1.54) is 0 Å². The molecule has 6 heteroatoms. The van der Waals surface area contributed by atoms with Gasteiger partial charge in [0.05, 0.1) is 5.56 Å². The summed E-state index contributed by atoms with van der Waals surface area (Å²) in [5.41, 5.74) is 0.560. The Hall–Kier alpha value is -2.29. The highest BCUT2D eigenvalue weighted by Gasteiger charge is 2.21. The molecule has 2 amide bonds. The SMILES string of the molecule is CCNC(=O)N1CCN(c2ccc(C#N)cn2)CC1. The first-order valence-corrected chi connectivity index (χ1v) is 6.38. The fourth-order valence-electron chi connectivity index (χ4n) is 2.04. The minimum Gasteiger partial charge on any atom is -0.353 e. The van der Waals surface area contributed by atoms with Crippen molar-refractivity contribution in [2.45, 2.75) is 6.92 Å². The molecule has 1 aliphatic heterocycles. The molecule has 0 unspecified atom stereocenters. The zero-order valence-electron chi connectivity index (χ0n) is 11.0. The van der Waals surface area contributed by atoms with E-state index in [4.69, 9.17) is 5.26 Å². The van der Waals surface area contributed by atoms with E-state index in [0.29, 0.717) is 25.2 Å². The Balaban J connectivity index is 1.92. The minimum atomic E-state index is -0.00469. The Bertz CT molecular complexity index is 471. The number of carbonyl (C=O) groups excluding carboxylic acids is 1. The van der Waals surface area contributed by atoms with Crippen molar-refractivity contribution in [3.05, 3.63) is 23.9 Å². The summed E-state index contributed by atoms with van der Waals surface area (Å²) >= 11 is 0. The van der Waals surface area contributed by atoms with Gasteiger partial charge in [-0.1, -0.05) is 0 Å². The molecule has 1 N–H and O–H groups in total. The predicted octanol–water partition coefficient (Wildman–Crippen LogP) is 0.805. The standard InChI is InChI=1S/C13H17N5O/c1-2-15-13(19)18-7-5-17(6-8-18)12-4-3-11(9-14)10-16-12/h3-4,10H,2,5-8H2,1H3,(H,15,19). The van der Waals surface area contributed by atoms with Crippen molar-refractivity contribution < 1.29 is 4.79 Å². The van der Waals surface area contributed by atoms with Gasteiger partial charge in [0, 0.05) is 38.9 Å². The maximum Gasteiger partial charge on any atom is 0.317 e. The Labute approximate surface area is 112 Å². The Kier molecular flexibility index (Phi) is 4.18. The molecule has 0 bridgehead atoms. The van der Waals surface area contributed by atoms with E-state index in [-0.39, 0.29) is 6.03 Å². The topological polar surface area (TPSA) is 72.3 Å². The molecule has 0 aromatic carbocycles. The van der Waals surface area contributed by atoms with Crippen molar-refractivity contribution in [1.29, 1.82) is 5.26 Å². The first-order valence-electron chi connectivity index (χ1n) is 6.38. The zero-order valence-corrected chi connectivity index (χ0v) is 11.0. The van der Waals surface area contributed by atoms with E-state index in [1.54, 1.807) is 12.3 Å². The average Bonchev–Trinajstić information content (AvgIpc) is 2.48. The van der Waals surface area contributed by atoms with Gasteiger partial charge in [0.2, 0.25) is 0 Å². The van der Waals surface area contributed by atoms with E-state index < -0.39 is 0 Å². The molecule has 2 rings (SSSR count). The number of hydrogen-bond acceptors (Lipinski definition) is 4. The molecule has 1 aliphatic rings. The summed E-state index contributed by atoms with van der Waals surface area (Å²) in [5.74, 6) is 0.856. The summed E-state index contributed by atoms with van der Waals surface area (Å²) in [7, 11) is 0. The van der Waals surface area contributed by atoms with Crippen LogP contribution >= 0.6 is 0 Å². The molecule has 2 heterocycles. The second-order valence-electron chi connectivity index (χ2n) is 4.33. The van der Waals surface area contributed by atoms with E-state index >= 15 is 0 Å². The van der Waals surface area contributed by atoms with E-state index in [2.05, 4.69) is 21.3 Å². The number of pyridine rings is 1. The number of carbonyl (C=O) groups is 1. The van der Waals surface area contributed by atoms with Crippen LogP contribution in [0.4, 0.5) is 10.6 Å². The van der Waals surface area contributed by atoms with Gasteiger partial charge in [0.1, 0.15) is 11.9 Å². The summed E-state index contributed by atoms with van der Waals surface area (Å²) in [5, 5.41) is 11.5. The molecular weight excluding hydrogens is 242 g/mol. The van der Waals surface area contributed by atoms with Gasteiger partial charge in [0.15, 0.2) is 0 Å². The molecule has 19 heavy (non-hydrogen) atoms. The van der Waals surface area contributed by atoms with Crippen molar-refractivity contribution in [2.24, 2.45) is 0 Å². The van der Waals surface area contributed by atoms with E-state index in [1.807, 2.05) is 17.9 Å². The van der Waals surface area contributed by atoms with Gasteiger partial charge in [-0.3, -0.25) is 0 Å². The highest BCUT2D eigenvalue weighted by Crippen LogP contribution is 2.13. The smallest absolute Gasteiger partial charge is 0.317 e. The zero-order chi connectivity index (χ0) is 13.7. The van der Waals surface area contributed by atoms with Crippen LogP contribution in [0, 0.1) is 11.3 Å². The molecule has 100 valence electrons. The van der Waals surface area contributed by atoms with Gasteiger partial charge < -0.3 is 15.1 Å². The quantitative estimate of drug-likeness (QED) is 0.853. The Morgan fingerprint density at radius 3 is 2.68 bits per heavy atom. The van der Waals surface area contributed by atoms with Gasteiger partial charge in [-0.05, 0) is 19.1 Å². The molecule has 0 aliphatic carbocycles. The molecule has 1 saturated heterocycles. The van der Waals surface area contributed by atoms with Gasteiger partial charge >= 0.3 is 6.03 Å². The molecule has 0 radical (unpaired) electrons. The highest BCUT2D eigenvalue weighted by atomic mass is 16.2. The summed E-state index contributed by atoms with van der Waals surface area (Å²) in [6.45, 7) is 5.46.